The average Bonchev–Trinajstić information content (AvgIpc) is 2.95. The molecule has 22 heavy (non-hydrogen) atoms. The highest BCUT2D eigenvalue weighted by Crippen LogP contribution is 2.26. The molecule has 0 radical (unpaired) electrons. The number of fused-ring (bicyclic) bond motifs is 1. The summed E-state index contributed by atoms with van der Waals surface area (Å²) >= 11 is 0. The van der Waals surface area contributed by atoms with Gasteiger partial charge in [0.2, 0.25) is 0 Å². The number of hydrogen-bond acceptors (Lipinski definition) is 3. The second kappa shape index (κ2) is 5.89. The van der Waals surface area contributed by atoms with Crippen molar-refractivity contribution >= 4 is 11.2 Å². The summed E-state index contributed by atoms with van der Waals surface area (Å²) < 4.78 is 7.76. The van der Waals surface area contributed by atoms with Crippen molar-refractivity contribution < 1.29 is 4.74 Å². The lowest BCUT2D eigenvalue weighted by atomic mass is 10.0. The molecule has 1 saturated heterocycles. The van der Waals surface area contributed by atoms with Crippen LogP contribution in [0.2, 0.25) is 0 Å². The topological polar surface area (TPSA) is 39.9 Å². The van der Waals surface area contributed by atoms with Crippen LogP contribution in [0.4, 0.5) is 0 Å². The van der Waals surface area contributed by atoms with Gasteiger partial charge in [-0.3, -0.25) is 0 Å². The maximum absolute atomic E-state index is 5.48. The van der Waals surface area contributed by atoms with Gasteiger partial charge in [-0.15, -0.1) is 0 Å². The van der Waals surface area contributed by atoms with Crippen molar-refractivity contribution in [3.63, 3.8) is 0 Å². The highest BCUT2D eigenvalue weighted by atomic mass is 16.5. The average molecular weight is 293 g/mol. The molecule has 1 fully saturated rings. The van der Waals surface area contributed by atoms with Gasteiger partial charge in [0.1, 0.15) is 11.3 Å². The molecule has 4 heteroatoms. The minimum absolute atomic E-state index is 0.635. The Morgan fingerprint density at radius 1 is 1.05 bits per heavy atom. The molecule has 1 aromatic carbocycles. The van der Waals surface area contributed by atoms with E-state index >= 15 is 0 Å². The van der Waals surface area contributed by atoms with E-state index in [1.54, 1.807) is 0 Å². The zero-order chi connectivity index (χ0) is 14.8. The summed E-state index contributed by atoms with van der Waals surface area (Å²) in [6.07, 6.45) is 4.07. The Labute approximate surface area is 129 Å². The number of ether oxygens (including phenoxy) is 1. The SMILES string of the molecule is c1ccc(-c2nc3cccnc3n2CC2CCOCC2)cc1. The molecule has 2 aromatic heterocycles. The molecule has 3 heterocycles. The second-order valence-electron chi connectivity index (χ2n) is 5.81. The maximum Gasteiger partial charge on any atom is 0.160 e. The normalized spacial score (nSPS) is 16.2. The Kier molecular flexibility index (Phi) is 3.60. The first-order chi connectivity index (χ1) is 10.9. The molecule has 0 N–H and O–H groups in total. The number of nitrogens with zero attached hydrogens (tertiary/aromatic N) is 3. The zero-order valence-electron chi connectivity index (χ0n) is 12.5. The predicted octanol–water partition coefficient (Wildman–Crippen LogP) is 3.52. The van der Waals surface area contributed by atoms with Crippen LogP contribution in [0.3, 0.4) is 0 Å². The van der Waals surface area contributed by atoms with E-state index in [0.717, 1.165) is 55.2 Å². The van der Waals surface area contributed by atoms with Crippen molar-refractivity contribution in [1.82, 2.24) is 14.5 Å². The molecule has 0 saturated carbocycles. The monoisotopic (exact) mass is 293 g/mol. The van der Waals surface area contributed by atoms with Gasteiger partial charge in [-0.05, 0) is 30.9 Å². The van der Waals surface area contributed by atoms with E-state index in [4.69, 9.17) is 9.72 Å². The van der Waals surface area contributed by atoms with Crippen molar-refractivity contribution in [3.05, 3.63) is 48.7 Å². The van der Waals surface area contributed by atoms with Gasteiger partial charge in [0, 0.05) is 31.5 Å². The molecule has 4 rings (SSSR count). The number of imidazole rings is 1. The molecule has 1 aliphatic heterocycles. The largest absolute Gasteiger partial charge is 0.381 e. The lowest BCUT2D eigenvalue weighted by molar-refractivity contribution is 0.0617. The van der Waals surface area contributed by atoms with E-state index in [0.29, 0.717) is 5.92 Å². The number of aromatic nitrogens is 3. The van der Waals surface area contributed by atoms with Gasteiger partial charge in [0.05, 0.1) is 0 Å². The molecule has 0 atom stereocenters. The first-order valence-corrected chi connectivity index (χ1v) is 7.86. The first kappa shape index (κ1) is 13.5. The quantitative estimate of drug-likeness (QED) is 0.741. The van der Waals surface area contributed by atoms with E-state index in [9.17, 15) is 0 Å². The highest BCUT2D eigenvalue weighted by Gasteiger charge is 2.19. The third-order valence-corrected chi connectivity index (χ3v) is 4.32. The van der Waals surface area contributed by atoms with E-state index < -0.39 is 0 Å². The number of benzene rings is 1. The molecule has 0 bridgehead atoms. The number of rotatable bonds is 3. The van der Waals surface area contributed by atoms with Gasteiger partial charge < -0.3 is 9.30 Å². The van der Waals surface area contributed by atoms with E-state index in [2.05, 4.69) is 33.8 Å². The molecule has 112 valence electrons. The fourth-order valence-electron chi connectivity index (χ4n) is 3.13. The molecule has 0 amide bonds. The van der Waals surface area contributed by atoms with Crippen molar-refractivity contribution in [2.45, 2.75) is 19.4 Å². The predicted molar refractivity (Wildman–Crippen MR) is 86.5 cm³/mol. The number of hydrogen-bond donors (Lipinski definition) is 0. The van der Waals surface area contributed by atoms with Crippen LogP contribution in [0.15, 0.2) is 48.7 Å². The maximum atomic E-state index is 5.48. The second-order valence-corrected chi connectivity index (χ2v) is 5.81. The van der Waals surface area contributed by atoms with Crippen LogP contribution < -0.4 is 0 Å². The Bertz CT molecular complexity index is 760. The van der Waals surface area contributed by atoms with Crippen LogP contribution in [-0.2, 0) is 11.3 Å². The summed E-state index contributed by atoms with van der Waals surface area (Å²) in [5, 5.41) is 0. The summed E-state index contributed by atoms with van der Waals surface area (Å²) in [6, 6.07) is 14.4. The van der Waals surface area contributed by atoms with Crippen LogP contribution >= 0.6 is 0 Å². The Balaban J connectivity index is 1.79. The zero-order valence-corrected chi connectivity index (χ0v) is 12.5. The van der Waals surface area contributed by atoms with Crippen molar-refractivity contribution in [2.24, 2.45) is 5.92 Å². The summed E-state index contributed by atoms with van der Waals surface area (Å²) in [6.45, 7) is 2.69. The van der Waals surface area contributed by atoms with Crippen molar-refractivity contribution in [3.8, 4) is 11.4 Å². The van der Waals surface area contributed by atoms with Crippen LogP contribution in [-0.4, -0.2) is 27.7 Å². The Morgan fingerprint density at radius 2 is 1.86 bits per heavy atom. The fourth-order valence-corrected chi connectivity index (χ4v) is 3.13. The van der Waals surface area contributed by atoms with Gasteiger partial charge in [-0.2, -0.15) is 0 Å². The van der Waals surface area contributed by atoms with Crippen LogP contribution in [0.25, 0.3) is 22.6 Å². The summed E-state index contributed by atoms with van der Waals surface area (Å²) in [5.74, 6) is 1.65. The van der Waals surface area contributed by atoms with E-state index in [-0.39, 0.29) is 0 Å². The van der Waals surface area contributed by atoms with E-state index in [1.807, 2.05) is 24.4 Å². The standard InChI is InChI=1S/C18H19N3O/c1-2-5-15(6-3-1)17-20-16-7-4-10-19-18(16)21(17)13-14-8-11-22-12-9-14/h1-7,10,14H,8-9,11-13H2. The summed E-state index contributed by atoms with van der Waals surface area (Å²) in [7, 11) is 0. The van der Waals surface area contributed by atoms with Gasteiger partial charge in [-0.1, -0.05) is 30.3 Å². The highest BCUT2D eigenvalue weighted by molar-refractivity contribution is 5.77. The Hall–Kier alpha value is -2.20. The van der Waals surface area contributed by atoms with Crippen molar-refractivity contribution in [2.75, 3.05) is 13.2 Å². The van der Waals surface area contributed by atoms with Crippen LogP contribution in [0.1, 0.15) is 12.8 Å². The minimum Gasteiger partial charge on any atom is -0.381 e. The molecule has 0 spiro atoms. The van der Waals surface area contributed by atoms with Crippen LogP contribution in [0.5, 0.6) is 0 Å². The molecule has 1 aliphatic rings. The third kappa shape index (κ3) is 2.50. The van der Waals surface area contributed by atoms with Gasteiger partial charge in [0.15, 0.2) is 5.65 Å². The fraction of sp³-hybridized carbons (Fsp3) is 0.333. The summed E-state index contributed by atoms with van der Waals surface area (Å²) in [5.41, 5.74) is 3.09. The molecule has 4 nitrogen and oxygen atoms in total. The van der Waals surface area contributed by atoms with Gasteiger partial charge in [-0.25, -0.2) is 9.97 Å². The Morgan fingerprint density at radius 3 is 2.68 bits per heavy atom. The third-order valence-electron chi connectivity index (χ3n) is 4.32. The van der Waals surface area contributed by atoms with Gasteiger partial charge >= 0.3 is 0 Å². The van der Waals surface area contributed by atoms with Gasteiger partial charge in [0.25, 0.3) is 0 Å². The lowest BCUT2D eigenvalue weighted by Gasteiger charge is -2.23. The molecule has 0 aliphatic carbocycles. The minimum atomic E-state index is 0.635. The van der Waals surface area contributed by atoms with E-state index in [1.165, 1.54) is 0 Å². The first-order valence-electron chi connectivity index (χ1n) is 7.86. The van der Waals surface area contributed by atoms with Crippen molar-refractivity contribution in [1.29, 1.82) is 0 Å². The molecule has 0 unspecified atom stereocenters. The molecular weight excluding hydrogens is 274 g/mol. The smallest absolute Gasteiger partial charge is 0.160 e. The lowest BCUT2D eigenvalue weighted by Crippen LogP contribution is -2.21. The molecular formula is C18H19N3O. The summed E-state index contributed by atoms with van der Waals surface area (Å²) in [4.78, 5) is 9.38. The van der Waals surface area contributed by atoms with Crippen LogP contribution in [0, 0.1) is 5.92 Å². The molecule has 3 aromatic rings. The number of pyridine rings is 1.